The summed E-state index contributed by atoms with van der Waals surface area (Å²) in [6.07, 6.45) is 1.65. The number of carbonyl (C=O) groups excluding carboxylic acids is 2. The molecule has 1 rings (SSSR count). The van der Waals surface area contributed by atoms with Gasteiger partial charge in [0.25, 0.3) is 5.91 Å². The molecule has 100 valence electrons. The Labute approximate surface area is 114 Å². The first kappa shape index (κ1) is 14.8. The summed E-state index contributed by atoms with van der Waals surface area (Å²) in [5, 5.41) is 2.57. The molecule has 0 aromatic carbocycles. The number of amides is 1. The average molecular weight is 317 g/mol. The molecule has 2 N–H and O–H groups in total. The molecule has 0 spiro atoms. The van der Waals surface area contributed by atoms with Crippen molar-refractivity contribution >= 4 is 27.8 Å². The van der Waals surface area contributed by atoms with Gasteiger partial charge < -0.3 is 15.0 Å². The Kier molecular flexibility index (Phi) is 4.56. The highest BCUT2D eigenvalue weighted by atomic mass is 79.9. The third-order valence-electron chi connectivity index (χ3n) is 2.00. The minimum Gasteiger partial charge on any atom is -0.458 e. The highest BCUT2D eigenvalue weighted by molar-refractivity contribution is 9.10. The summed E-state index contributed by atoms with van der Waals surface area (Å²) in [6, 6.07) is 0.941. The largest absolute Gasteiger partial charge is 0.458 e. The number of hydrogen-bond acceptors (Lipinski definition) is 3. The first-order valence-electron chi connectivity index (χ1n) is 5.56. The Balaban J connectivity index is 2.57. The number of carbonyl (C=O) groups is 2. The molecular weight excluding hydrogens is 300 g/mol. The number of aromatic amines is 1. The second kappa shape index (κ2) is 5.56. The van der Waals surface area contributed by atoms with Crippen molar-refractivity contribution in [3.8, 4) is 0 Å². The third-order valence-corrected chi connectivity index (χ3v) is 2.46. The van der Waals surface area contributed by atoms with Crippen LogP contribution in [0.3, 0.4) is 0 Å². The maximum atomic E-state index is 11.8. The maximum absolute atomic E-state index is 11.8. The van der Waals surface area contributed by atoms with Gasteiger partial charge in [-0.2, -0.15) is 0 Å². The molecule has 1 heterocycles. The minimum absolute atomic E-state index is 0.348. The smallest absolute Gasteiger partial charge is 0.328 e. The summed E-state index contributed by atoms with van der Waals surface area (Å²) < 4.78 is 5.94. The number of hydrogen-bond donors (Lipinski definition) is 2. The van der Waals surface area contributed by atoms with Crippen LogP contribution in [0.1, 0.15) is 38.2 Å². The van der Waals surface area contributed by atoms with Crippen LogP contribution in [-0.2, 0) is 9.53 Å². The van der Waals surface area contributed by atoms with Crippen LogP contribution in [0.2, 0.25) is 0 Å². The molecule has 0 unspecified atom stereocenters. The summed E-state index contributed by atoms with van der Waals surface area (Å²) in [4.78, 5) is 26.2. The second-order valence-corrected chi connectivity index (χ2v) is 5.88. The molecule has 1 aromatic heterocycles. The highest BCUT2D eigenvalue weighted by Crippen LogP contribution is 2.11. The van der Waals surface area contributed by atoms with Crippen LogP contribution < -0.4 is 5.32 Å². The lowest BCUT2D eigenvalue weighted by atomic mass is 10.2. The van der Waals surface area contributed by atoms with Crippen LogP contribution in [0.5, 0.6) is 0 Å². The van der Waals surface area contributed by atoms with Gasteiger partial charge in [-0.1, -0.05) is 0 Å². The normalized spacial score (nSPS) is 12.9. The zero-order valence-electron chi connectivity index (χ0n) is 10.8. The topological polar surface area (TPSA) is 71.2 Å². The van der Waals surface area contributed by atoms with Gasteiger partial charge in [-0.3, -0.25) is 4.79 Å². The Morgan fingerprint density at radius 2 is 2.06 bits per heavy atom. The van der Waals surface area contributed by atoms with Crippen molar-refractivity contribution in [1.29, 1.82) is 0 Å². The van der Waals surface area contributed by atoms with Crippen LogP contribution >= 0.6 is 15.9 Å². The van der Waals surface area contributed by atoms with Crippen LogP contribution in [0, 0.1) is 0 Å². The van der Waals surface area contributed by atoms with E-state index in [1.165, 1.54) is 0 Å². The number of halogens is 1. The molecule has 0 saturated heterocycles. The molecule has 0 aliphatic rings. The molecule has 0 fully saturated rings. The zero-order valence-corrected chi connectivity index (χ0v) is 12.4. The Morgan fingerprint density at radius 1 is 1.44 bits per heavy atom. The van der Waals surface area contributed by atoms with E-state index in [9.17, 15) is 9.59 Å². The van der Waals surface area contributed by atoms with E-state index in [0.717, 1.165) is 4.47 Å². The summed E-state index contributed by atoms with van der Waals surface area (Å²) in [6.45, 7) is 6.93. The third kappa shape index (κ3) is 4.52. The van der Waals surface area contributed by atoms with Crippen molar-refractivity contribution in [1.82, 2.24) is 10.3 Å². The molecule has 18 heavy (non-hydrogen) atoms. The molecular formula is C12H17BrN2O3. The lowest BCUT2D eigenvalue weighted by molar-refractivity contribution is -0.156. The number of rotatable bonds is 3. The number of aromatic nitrogens is 1. The first-order chi connectivity index (χ1) is 8.19. The van der Waals surface area contributed by atoms with Crippen molar-refractivity contribution in [2.45, 2.75) is 39.3 Å². The lowest BCUT2D eigenvalue weighted by Crippen LogP contribution is -2.42. The second-order valence-electron chi connectivity index (χ2n) is 4.96. The van der Waals surface area contributed by atoms with Gasteiger partial charge in [0.1, 0.15) is 17.3 Å². The van der Waals surface area contributed by atoms with Gasteiger partial charge in [0.05, 0.1) is 0 Å². The molecule has 6 heteroatoms. The van der Waals surface area contributed by atoms with Crippen molar-refractivity contribution in [3.63, 3.8) is 0 Å². The van der Waals surface area contributed by atoms with Crippen LogP contribution in [0.15, 0.2) is 16.7 Å². The van der Waals surface area contributed by atoms with E-state index in [-0.39, 0.29) is 5.91 Å². The summed E-state index contributed by atoms with van der Waals surface area (Å²) in [7, 11) is 0. The lowest BCUT2D eigenvalue weighted by Gasteiger charge is -2.22. The molecule has 0 aliphatic heterocycles. The number of ether oxygens (including phenoxy) is 1. The highest BCUT2D eigenvalue weighted by Gasteiger charge is 2.23. The quantitative estimate of drug-likeness (QED) is 0.840. The Hall–Kier alpha value is -1.30. The van der Waals surface area contributed by atoms with E-state index in [4.69, 9.17) is 4.74 Å². The minimum atomic E-state index is -0.696. The fourth-order valence-electron chi connectivity index (χ4n) is 1.22. The standard InChI is InChI=1S/C12H17BrN2O3/c1-7(11(17)18-12(2,3)4)15-10(16)9-5-8(13)6-14-9/h5-7,14H,1-4H3,(H,15,16)/t7-/m1/s1. The van der Waals surface area contributed by atoms with Crippen molar-refractivity contribution in [2.24, 2.45) is 0 Å². The van der Waals surface area contributed by atoms with E-state index in [1.807, 2.05) is 0 Å². The van der Waals surface area contributed by atoms with Gasteiger partial charge in [-0.25, -0.2) is 4.79 Å². The summed E-state index contributed by atoms with van der Waals surface area (Å²) >= 11 is 3.23. The average Bonchev–Trinajstić information content (AvgIpc) is 2.62. The van der Waals surface area contributed by atoms with Gasteiger partial charge in [0.15, 0.2) is 0 Å². The Morgan fingerprint density at radius 3 is 2.50 bits per heavy atom. The molecule has 0 radical (unpaired) electrons. The van der Waals surface area contributed by atoms with Crippen molar-refractivity contribution < 1.29 is 14.3 Å². The maximum Gasteiger partial charge on any atom is 0.328 e. The molecule has 0 saturated carbocycles. The fraction of sp³-hybridized carbons (Fsp3) is 0.500. The predicted molar refractivity (Wildman–Crippen MR) is 71.3 cm³/mol. The van der Waals surface area contributed by atoms with E-state index in [0.29, 0.717) is 5.69 Å². The molecule has 1 aromatic rings. The van der Waals surface area contributed by atoms with Crippen molar-refractivity contribution in [2.75, 3.05) is 0 Å². The van der Waals surface area contributed by atoms with Gasteiger partial charge in [0, 0.05) is 10.7 Å². The summed E-state index contributed by atoms with van der Waals surface area (Å²) in [5.41, 5.74) is -0.178. The van der Waals surface area contributed by atoms with Crippen LogP contribution in [0.4, 0.5) is 0 Å². The molecule has 0 aliphatic carbocycles. The zero-order chi connectivity index (χ0) is 13.9. The SMILES string of the molecule is C[C@@H](NC(=O)c1cc(Br)c[nH]1)C(=O)OC(C)(C)C. The molecule has 5 nitrogen and oxygen atoms in total. The van der Waals surface area contributed by atoms with Crippen LogP contribution in [-0.4, -0.2) is 28.5 Å². The van der Waals surface area contributed by atoms with Crippen LogP contribution in [0.25, 0.3) is 0 Å². The number of esters is 1. The number of H-pyrrole nitrogens is 1. The van der Waals surface area contributed by atoms with E-state index in [2.05, 4.69) is 26.2 Å². The van der Waals surface area contributed by atoms with Gasteiger partial charge >= 0.3 is 5.97 Å². The van der Waals surface area contributed by atoms with Gasteiger partial charge in [-0.05, 0) is 49.7 Å². The fourth-order valence-corrected chi connectivity index (χ4v) is 1.57. The van der Waals surface area contributed by atoms with Gasteiger partial charge in [-0.15, -0.1) is 0 Å². The monoisotopic (exact) mass is 316 g/mol. The number of nitrogens with one attached hydrogen (secondary N) is 2. The predicted octanol–water partition coefficient (Wildman–Crippen LogP) is 2.24. The first-order valence-corrected chi connectivity index (χ1v) is 6.36. The van der Waals surface area contributed by atoms with E-state index in [1.54, 1.807) is 40.0 Å². The Bertz CT molecular complexity index is 448. The molecule has 1 atom stereocenters. The van der Waals surface area contributed by atoms with Crippen molar-refractivity contribution in [3.05, 3.63) is 22.4 Å². The summed E-state index contributed by atoms with van der Waals surface area (Å²) in [5.74, 6) is -0.805. The van der Waals surface area contributed by atoms with Gasteiger partial charge in [0.2, 0.25) is 0 Å². The molecule has 0 bridgehead atoms. The molecule has 1 amide bonds. The van der Waals surface area contributed by atoms with E-state index >= 15 is 0 Å². The van der Waals surface area contributed by atoms with E-state index < -0.39 is 17.6 Å².